The second-order valence-electron chi connectivity index (χ2n) is 6.01. The molecule has 2 atom stereocenters. The summed E-state index contributed by atoms with van der Waals surface area (Å²) in [5.74, 6) is 0.725. The number of β-amino-alcohol motifs (C(OH)–C–C–N with tert-alkyl or cyclic N) is 1. The summed E-state index contributed by atoms with van der Waals surface area (Å²) in [6.07, 6.45) is 2.84. The van der Waals surface area contributed by atoms with Gasteiger partial charge in [-0.1, -0.05) is 13.8 Å². The van der Waals surface area contributed by atoms with Gasteiger partial charge in [0.2, 0.25) is 0 Å². The maximum absolute atomic E-state index is 9.80. The Balaban J connectivity index is 1.98. The summed E-state index contributed by atoms with van der Waals surface area (Å²) in [6, 6.07) is 0. The second-order valence-corrected chi connectivity index (χ2v) is 6.01. The van der Waals surface area contributed by atoms with Gasteiger partial charge in [0.1, 0.15) is 0 Å². The van der Waals surface area contributed by atoms with Crippen LogP contribution in [0.25, 0.3) is 0 Å². The van der Waals surface area contributed by atoms with E-state index in [4.69, 9.17) is 9.47 Å². The fraction of sp³-hybridized carbons (Fsp3) is 1.00. The summed E-state index contributed by atoms with van der Waals surface area (Å²) >= 11 is 0. The molecule has 1 aliphatic heterocycles. The molecule has 2 unspecified atom stereocenters. The highest BCUT2D eigenvalue weighted by Crippen LogP contribution is 2.17. The first-order valence-corrected chi connectivity index (χ1v) is 7.10. The number of rotatable bonds is 9. The van der Waals surface area contributed by atoms with Gasteiger partial charge in [-0.25, -0.2) is 0 Å². The van der Waals surface area contributed by atoms with E-state index in [1.807, 2.05) is 0 Å². The van der Waals surface area contributed by atoms with Crippen molar-refractivity contribution in [3.8, 4) is 0 Å². The third-order valence-corrected chi connectivity index (χ3v) is 3.36. The monoisotopic (exact) mass is 259 g/mol. The van der Waals surface area contributed by atoms with Crippen LogP contribution in [0.15, 0.2) is 0 Å². The Morgan fingerprint density at radius 1 is 1.44 bits per heavy atom. The molecule has 0 aromatic rings. The molecule has 4 nitrogen and oxygen atoms in total. The van der Waals surface area contributed by atoms with Crippen LogP contribution in [0.3, 0.4) is 0 Å². The van der Waals surface area contributed by atoms with E-state index in [0.29, 0.717) is 13.2 Å². The summed E-state index contributed by atoms with van der Waals surface area (Å²) in [5.41, 5.74) is 0.0264. The van der Waals surface area contributed by atoms with Crippen LogP contribution in [0.1, 0.15) is 40.0 Å². The van der Waals surface area contributed by atoms with Crippen LogP contribution < -0.4 is 5.32 Å². The number of aliphatic hydroxyl groups excluding tert-OH is 1. The van der Waals surface area contributed by atoms with Gasteiger partial charge in [0.25, 0.3) is 0 Å². The highest BCUT2D eigenvalue weighted by Gasteiger charge is 2.29. The molecule has 4 heteroatoms. The smallest absolute Gasteiger partial charge is 0.0897 e. The maximum atomic E-state index is 9.80. The van der Waals surface area contributed by atoms with Crippen LogP contribution in [0, 0.1) is 5.92 Å². The highest BCUT2D eigenvalue weighted by atomic mass is 16.5. The van der Waals surface area contributed by atoms with Gasteiger partial charge in [-0.2, -0.15) is 0 Å². The first kappa shape index (κ1) is 15.9. The third-order valence-electron chi connectivity index (χ3n) is 3.36. The van der Waals surface area contributed by atoms with Gasteiger partial charge in [-0.3, -0.25) is 0 Å². The molecule has 1 heterocycles. The minimum atomic E-state index is -0.429. The van der Waals surface area contributed by atoms with Crippen LogP contribution in [-0.4, -0.2) is 49.7 Å². The van der Waals surface area contributed by atoms with Gasteiger partial charge in [0.15, 0.2) is 0 Å². The van der Waals surface area contributed by atoms with Gasteiger partial charge in [-0.05, 0) is 32.1 Å². The predicted molar refractivity (Wildman–Crippen MR) is 72.7 cm³/mol. The summed E-state index contributed by atoms with van der Waals surface area (Å²) < 4.78 is 10.8. The zero-order valence-electron chi connectivity index (χ0n) is 12.1. The molecule has 0 spiro atoms. The molecule has 1 fully saturated rings. The second kappa shape index (κ2) is 8.10. The van der Waals surface area contributed by atoms with Crippen molar-refractivity contribution in [2.75, 3.05) is 33.0 Å². The van der Waals surface area contributed by atoms with Gasteiger partial charge in [-0.15, -0.1) is 0 Å². The maximum Gasteiger partial charge on any atom is 0.0897 e. The number of hydrogen-bond donors (Lipinski definition) is 2. The summed E-state index contributed by atoms with van der Waals surface area (Å²) in [5, 5.41) is 13.2. The van der Waals surface area contributed by atoms with Crippen LogP contribution in [0.2, 0.25) is 0 Å². The van der Waals surface area contributed by atoms with E-state index in [-0.39, 0.29) is 5.54 Å². The SMILES string of the molecule is CC(C)CCCOCC(O)CNC1(C)CCOC1. The van der Waals surface area contributed by atoms with Crippen molar-refractivity contribution in [1.29, 1.82) is 0 Å². The van der Waals surface area contributed by atoms with Crippen molar-refractivity contribution in [1.82, 2.24) is 5.32 Å². The Morgan fingerprint density at radius 2 is 2.22 bits per heavy atom. The Bertz CT molecular complexity index is 215. The molecule has 1 rings (SSSR count). The zero-order chi connectivity index (χ0) is 13.4. The number of nitrogens with one attached hydrogen (secondary N) is 1. The molecular formula is C14H29NO3. The van der Waals surface area contributed by atoms with E-state index in [9.17, 15) is 5.11 Å². The first-order chi connectivity index (χ1) is 8.52. The highest BCUT2D eigenvalue weighted by molar-refractivity contribution is 4.87. The largest absolute Gasteiger partial charge is 0.389 e. The van der Waals surface area contributed by atoms with Crippen molar-refractivity contribution < 1.29 is 14.6 Å². The average Bonchev–Trinajstić information content (AvgIpc) is 2.73. The molecule has 0 bridgehead atoms. The lowest BCUT2D eigenvalue weighted by Gasteiger charge is -2.25. The minimum absolute atomic E-state index is 0.0264. The molecule has 0 amide bonds. The molecule has 1 aliphatic rings. The lowest BCUT2D eigenvalue weighted by molar-refractivity contribution is 0.0304. The van der Waals surface area contributed by atoms with Crippen molar-refractivity contribution >= 4 is 0 Å². The van der Waals surface area contributed by atoms with Crippen molar-refractivity contribution in [3.05, 3.63) is 0 Å². The summed E-state index contributed by atoms with van der Waals surface area (Å²) in [4.78, 5) is 0. The summed E-state index contributed by atoms with van der Waals surface area (Å²) in [7, 11) is 0. The van der Waals surface area contributed by atoms with E-state index < -0.39 is 6.10 Å². The molecule has 0 aromatic heterocycles. The van der Waals surface area contributed by atoms with Crippen molar-refractivity contribution in [3.63, 3.8) is 0 Å². The minimum Gasteiger partial charge on any atom is -0.389 e. The van der Waals surface area contributed by atoms with E-state index in [1.54, 1.807) is 0 Å². The molecule has 18 heavy (non-hydrogen) atoms. The molecule has 1 saturated heterocycles. The number of aliphatic hydroxyl groups is 1. The first-order valence-electron chi connectivity index (χ1n) is 7.10. The van der Waals surface area contributed by atoms with Gasteiger partial charge < -0.3 is 19.9 Å². The van der Waals surface area contributed by atoms with Crippen LogP contribution in [0.5, 0.6) is 0 Å². The molecule has 108 valence electrons. The lowest BCUT2D eigenvalue weighted by atomic mass is 10.0. The fourth-order valence-electron chi connectivity index (χ4n) is 2.04. The topological polar surface area (TPSA) is 50.7 Å². The molecule has 0 aromatic carbocycles. The molecule has 0 aliphatic carbocycles. The molecule has 0 radical (unpaired) electrons. The molecule has 2 N–H and O–H groups in total. The predicted octanol–water partition coefficient (Wildman–Crippen LogP) is 1.57. The van der Waals surface area contributed by atoms with Crippen molar-refractivity contribution in [2.24, 2.45) is 5.92 Å². The van der Waals surface area contributed by atoms with E-state index in [0.717, 1.165) is 38.6 Å². The van der Waals surface area contributed by atoms with E-state index in [2.05, 4.69) is 26.1 Å². The normalized spacial score (nSPS) is 25.8. The standard InChI is InChI=1S/C14H29NO3/c1-12(2)5-4-7-17-10-13(16)9-15-14(3)6-8-18-11-14/h12-13,15-16H,4-11H2,1-3H3. The van der Waals surface area contributed by atoms with Gasteiger partial charge >= 0.3 is 0 Å². The number of ether oxygens (including phenoxy) is 2. The zero-order valence-corrected chi connectivity index (χ0v) is 12.1. The van der Waals surface area contributed by atoms with Crippen molar-refractivity contribution in [2.45, 2.75) is 51.7 Å². The quantitative estimate of drug-likeness (QED) is 0.617. The van der Waals surface area contributed by atoms with Crippen LogP contribution >= 0.6 is 0 Å². The number of hydrogen-bond acceptors (Lipinski definition) is 4. The van der Waals surface area contributed by atoms with Crippen LogP contribution in [0.4, 0.5) is 0 Å². The lowest BCUT2D eigenvalue weighted by Crippen LogP contribution is -2.47. The molecule has 0 saturated carbocycles. The van der Waals surface area contributed by atoms with Crippen LogP contribution in [-0.2, 0) is 9.47 Å². The molecular weight excluding hydrogens is 230 g/mol. The Hall–Kier alpha value is -0.160. The van der Waals surface area contributed by atoms with E-state index >= 15 is 0 Å². The van der Waals surface area contributed by atoms with Gasteiger partial charge in [0, 0.05) is 25.3 Å². The Morgan fingerprint density at radius 3 is 2.83 bits per heavy atom. The fourth-order valence-corrected chi connectivity index (χ4v) is 2.04. The Kier molecular flexibility index (Phi) is 7.15. The average molecular weight is 259 g/mol. The Labute approximate surface area is 111 Å². The van der Waals surface area contributed by atoms with E-state index in [1.165, 1.54) is 6.42 Å². The summed E-state index contributed by atoms with van der Waals surface area (Å²) in [6.45, 7) is 9.84. The third kappa shape index (κ3) is 6.69. The van der Waals surface area contributed by atoms with Gasteiger partial charge in [0.05, 0.1) is 19.3 Å².